The largest absolute Gasteiger partial charge is 0.490 e. The SMILES string of the molecule is Cc1cc(C(=O)NC(C)(C)COc2cccc3c2C(N)=NS(O)(O)N3)c2cc(F)ccc2n1. The molecule has 1 aliphatic rings. The average Bonchev–Trinajstić information content (AvgIpc) is 2.70. The third-order valence-electron chi connectivity index (χ3n) is 4.94. The van der Waals surface area contributed by atoms with E-state index in [1.54, 1.807) is 45.0 Å². The van der Waals surface area contributed by atoms with E-state index >= 15 is 0 Å². The van der Waals surface area contributed by atoms with E-state index in [0.29, 0.717) is 39.2 Å². The van der Waals surface area contributed by atoms with Gasteiger partial charge in [0, 0.05) is 11.1 Å². The van der Waals surface area contributed by atoms with Gasteiger partial charge in [0.1, 0.15) is 18.2 Å². The van der Waals surface area contributed by atoms with E-state index in [4.69, 9.17) is 10.5 Å². The molecule has 0 radical (unpaired) electrons. The van der Waals surface area contributed by atoms with E-state index < -0.39 is 28.2 Å². The van der Waals surface area contributed by atoms with Crippen molar-refractivity contribution in [3.05, 3.63) is 65.1 Å². The fourth-order valence-corrected chi connectivity index (χ4v) is 4.42. The lowest BCUT2D eigenvalue weighted by Gasteiger charge is -2.34. The minimum absolute atomic E-state index is 0.0646. The monoisotopic (exact) mass is 473 g/mol. The number of carbonyl (C=O) groups is 1. The summed E-state index contributed by atoms with van der Waals surface area (Å²) in [5.74, 6) is -0.549. The predicted octanol–water partition coefficient (Wildman–Crippen LogP) is 3.98. The molecule has 4 rings (SSSR count). The van der Waals surface area contributed by atoms with Crippen LogP contribution >= 0.6 is 11.0 Å². The standard InChI is InChI=1S/C22H24FN5O4S/c1-12-9-15(14-10-13(23)7-8-16(14)25-12)21(29)26-22(2,3)11-32-18-6-4-5-17-19(18)20(24)28-33(30,31)27-17/h4-10,27,30-31H,11H2,1-3H3,(H2,24,28)(H,26,29). The van der Waals surface area contributed by atoms with Gasteiger partial charge in [0.2, 0.25) is 0 Å². The first kappa shape index (κ1) is 22.8. The van der Waals surface area contributed by atoms with Crippen LogP contribution in [0.1, 0.15) is 35.5 Å². The van der Waals surface area contributed by atoms with Crippen molar-refractivity contribution in [3.63, 3.8) is 0 Å². The molecule has 1 amide bonds. The van der Waals surface area contributed by atoms with Crippen molar-refractivity contribution in [2.45, 2.75) is 26.3 Å². The lowest BCUT2D eigenvalue weighted by Crippen LogP contribution is -2.48. The maximum atomic E-state index is 13.8. The second-order valence-electron chi connectivity index (χ2n) is 8.38. The van der Waals surface area contributed by atoms with Crippen molar-refractivity contribution in [1.82, 2.24) is 10.3 Å². The topological polar surface area (TPSA) is 142 Å². The summed E-state index contributed by atoms with van der Waals surface area (Å²) in [4.78, 5) is 17.4. The third kappa shape index (κ3) is 4.85. The number of aryl methyl sites for hydroxylation is 1. The maximum absolute atomic E-state index is 13.8. The Labute approximate surface area is 191 Å². The first-order valence-corrected chi connectivity index (χ1v) is 11.5. The molecule has 0 saturated carbocycles. The summed E-state index contributed by atoms with van der Waals surface area (Å²) in [5.41, 5.74) is 7.35. The number of fused-ring (bicyclic) bond motifs is 2. The Morgan fingerprint density at radius 2 is 2.03 bits per heavy atom. The number of pyridine rings is 1. The van der Waals surface area contributed by atoms with E-state index in [1.165, 1.54) is 18.2 Å². The van der Waals surface area contributed by atoms with E-state index in [9.17, 15) is 18.3 Å². The number of nitrogens with zero attached hydrogens (tertiary/aromatic N) is 2. The number of rotatable bonds is 5. The van der Waals surface area contributed by atoms with Crippen LogP contribution < -0.4 is 20.5 Å². The highest BCUT2D eigenvalue weighted by Gasteiger charge is 2.28. The molecule has 1 aromatic heterocycles. The number of hydrogen-bond donors (Lipinski definition) is 5. The molecule has 0 atom stereocenters. The van der Waals surface area contributed by atoms with Crippen molar-refractivity contribution in [2.24, 2.45) is 10.1 Å². The number of nitrogens with two attached hydrogens (primary N) is 1. The lowest BCUT2D eigenvalue weighted by molar-refractivity contribution is 0.0882. The summed E-state index contributed by atoms with van der Waals surface area (Å²) in [5, 5.41) is 3.34. The zero-order chi connectivity index (χ0) is 24.0. The number of ether oxygens (including phenoxy) is 1. The number of hydrogen-bond acceptors (Lipinski definition) is 8. The van der Waals surface area contributed by atoms with Gasteiger partial charge < -0.3 is 15.8 Å². The zero-order valence-corrected chi connectivity index (χ0v) is 19.0. The maximum Gasteiger partial charge on any atom is 0.252 e. The Balaban J connectivity index is 1.54. The molecular weight excluding hydrogens is 449 g/mol. The molecule has 0 spiro atoms. The molecule has 1 aliphatic heterocycles. The predicted molar refractivity (Wildman–Crippen MR) is 127 cm³/mol. The van der Waals surface area contributed by atoms with Crippen LogP contribution in [0.4, 0.5) is 10.1 Å². The van der Waals surface area contributed by atoms with Crippen LogP contribution in [-0.2, 0) is 0 Å². The fourth-order valence-electron chi connectivity index (χ4n) is 3.54. The molecule has 0 saturated heterocycles. The van der Waals surface area contributed by atoms with Crippen molar-refractivity contribution in [1.29, 1.82) is 0 Å². The summed E-state index contributed by atoms with van der Waals surface area (Å²) in [7, 11) is -3.41. The van der Waals surface area contributed by atoms with Crippen LogP contribution in [-0.4, -0.2) is 38.0 Å². The Bertz CT molecular complexity index is 1300. The highest BCUT2D eigenvalue weighted by molar-refractivity contribution is 8.24. The molecule has 0 bridgehead atoms. The van der Waals surface area contributed by atoms with Crippen LogP contribution in [0.25, 0.3) is 10.9 Å². The van der Waals surface area contributed by atoms with Gasteiger partial charge in [0.05, 0.1) is 27.9 Å². The molecule has 3 aromatic rings. The molecule has 174 valence electrons. The molecule has 6 N–H and O–H groups in total. The molecule has 2 heterocycles. The van der Waals surface area contributed by atoms with Crippen LogP contribution in [0, 0.1) is 12.7 Å². The van der Waals surface area contributed by atoms with Gasteiger partial charge in [-0.2, -0.15) is 0 Å². The molecule has 33 heavy (non-hydrogen) atoms. The van der Waals surface area contributed by atoms with E-state index in [2.05, 4.69) is 19.4 Å². The summed E-state index contributed by atoms with van der Waals surface area (Å²) in [6.45, 7) is 5.39. The van der Waals surface area contributed by atoms with Gasteiger partial charge in [-0.1, -0.05) is 6.07 Å². The quantitative estimate of drug-likeness (QED) is 0.377. The van der Waals surface area contributed by atoms with Crippen molar-refractivity contribution < 1.29 is 23.0 Å². The van der Waals surface area contributed by atoms with Gasteiger partial charge in [-0.05, 0) is 68.1 Å². The normalized spacial score (nSPS) is 15.8. The minimum Gasteiger partial charge on any atom is -0.490 e. The van der Waals surface area contributed by atoms with Crippen molar-refractivity contribution in [2.75, 3.05) is 11.3 Å². The van der Waals surface area contributed by atoms with Crippen molar-refractivity contribution in [3.8, 4) is 5.75 Å². The Hall–Kier alpha value is -3.41. The Morgan fingerprint density at radius 1 is 1.27 bits per heavy atom. The number of amidine groups is 1. The highest BCUT2D eigenvalue weighted by Crippen LogP contribution is 2.46. The van der Waals surface area contributed by atoms with Crippen LogP contribution in [0.5, 0.6) is 5.75 Å². The molecular formula is C22H24FN5O4S. The first-order valence-electron chi connectivity index (χ1n) is 10.0. The molecule has 11 heteroatoms. The Kier molecular flexibility index (Phi) is 5.64. The van der Waals surface area contributed by atoms with Gasteiger partial charge in [-0.15, -0.1) is 4.40 Å². The highest BCUT2D eigenvalue weighted by atomic mass is 32.3. The zero-order valence-electron chi connectivity index (χ0n) is 18.2. The number of carbonyl (C=O) groups excluding carboxylic acids is 1. The molecule has 9 nitrogen and oxygen atoms in total. The number of halogens is 1. The van der Waals surface area contributed by atoms with Crippen molar-refractivity contribution >= 4 is 39.3 Å². The van der Waals surface area contributed by atoms with E-state index in [-0.39, 0.29) is 12.4 Å². The minimum atomic E-state index is -3.41. The first-order chi connectivity index (χ1) is 15.4. The summed E-state index contributed by atoms with van der Waals surface area (Å²) < 4.78 is 45.6. The number of aromatic nitrogens is 1. The summed E-state index contributed by atoms with van der Waals surface area (Å²) in [6.07, 6.45) is 0. The molecule has 2 aromatic carbocycles. The van der Waals surface area contributed by atoms with Gasteiger partial charge in [0.15, 0.2) is 5.84 Å². The van der Waals surface area contributed by atoms with E-state index in [1.807, 2.05) is 0 Å². The van der Waals surface area contributed by atoms with Crippen LogP contribution in [0.3, 0.4) is 0 Å². The average molecular weight is 474 g/mol. The summed E-state index contributed by atoms with van der Waals surface area (Å²) >= 11 is 0. The smallest absolute Gasteiger partial charge is 0.252 e. The lowest BCUT2D eigenvalue weighted by atomic mass is 10.0. The summed E-state index contributed by atoms with van der Waals surface area (Å²) in [6, 6.07) is 10.7. The Morgan fingerprint density at radius 3 is 2.79 bits per heavy atom. The third-order valence-corrected chi connectivity index (χ3v) is 5.88. The van der Waals surface area contributed by atoms with Crippen LogP contribution in [0.15, 0.2) is 46.9 Å². The van der Waals surface area contributed by atoms with Gasteiger partial charge >= 0.3 is 0 Å². The fraction of sp³-hybridized carbons (Fsp3) is 0.227. The van der Waals surface area contributed by atoms with Gasteiger partial charge in [-0.3, -0.25) is 23.6 Å². The number of anilines is 1. The molecule has 0 aliphatic carbocycles. The number of nitrogens with one attached hydrogen (secondary N) is 2. The number of amides is 1. The number of benzene rings is 2. The van der Waals surface area contributed by atoms with E-state index in [0.717, 1.165) is 0 Å². The van der Waals surface area contributed by atoms with Gasteiger partial charge in [-0.25, -0.2) is 4.39 Å². The second-order valence-corrected chi connectivity index (χ2v) is 9.80. The molecule has 0 unspecified atom stereocenters. The second kappa shape index (κ2) is 8.18. The van der Waals surface area contributed by atoms with Gasteiger partial charge in [0.25, 0.3) is 5.91 Å². The van der Waals surface area contributed by atoms with Crippen LogP contribution in [0.2, 0.25) is 0 Å². The molecule has 0 fully saturated rings.